The number of nitrogens with one attached hydrogen (secondary N) is 1. The summed E-state index contributed by atoms with van der Waals surface area (Å²) in [5.41, 5.74) is -0.404. The van der Waals surface area contributed by atoms with Crippen LogP contribution in [0.15, 0.2) is 17.0 Å². The summed E-state index contributed by atoms with van der Waals surface area (Å²) in [6.45, 7) is 0.314. The van der Waals surface area contributed by atoms with Gasteiger partial charge in [-0.3, -0.25) is 0 Å². The molecule has 2 rings (SSSR count). The van der Waals surface area contributed by atoms with Crippen molar-refractivity contribution in [2.24, 2.45) is 5.92 Å². The molecule has 110 valence electrons. The smallest absolute Gasteiger partial charge is 0.338 e. The van der Waals surface area contributed by atoms with Crippen LogP contribution in [-0.2, 0) is 10.0 Å². The molecule has 1 aliphatic rings. The maximum atomic E-state index is 12.1. The van der Waals surface area contributed by atoms with Crippen LogP contribution in [0.2, 0.25) is 10.0 Å². The van der Waals surface area contributed by atoms with Crippen LogP contribution in [0.4, 0.5) is 0 Å². The van der Waals surface area contributed by atoms with Crippen molar-refractivity contribution in [3.05, 3.63) is 27.7 Å². The zero-order chi connectivity index (χ0) is 14.9. The second-order valence-electron chi connectivity index (χ2n) is 4.67. The lowest BCUT2D eigenvalue weighted by atomic mass is 10.2. The zero-order valence-electron chi connectivity index (χ0n) is 10.4. The summed E-state index contributed by atoms with van der Waals surface area (Å²) in [6.07, 6.45) is 3.04. The lowest BCUT2D eigenvalue weighted by Gasteiger charge is -2.10. The minimum Gasteiger partial charge on any atom is -0.478 e. The number of carbonyl (C=O) groups is 1. The van der Waals surface area contributed by atoms with Gasteiger partial charge in [-0.1, -0.05) is 36.0 Å². The Morgan fingerprint density at radius 2 is 2.00 bits per heavy atom. The number of sulfonamides is 1. The van der Waals surface area contributed by atoms with Crippen LogP contribution in [-0.4, -0.2) is 26.0 Å². The van der Waals surface area contributed by atoms with Crippen molar-refractivity contribution >= 4 is 39.2 Å². The molecule has 1 aromatic rings. The molecule has 1 aromatic carbocycles. The Hall–Kier alpha value is -0.820. The first-order valence-corrected chi connectivity index (χ1v) is 8.28. The summed E-state index contributed by atoms with van der Waals surface area (Å²) < 4.78 is 26.6. The molecular formula is C12H13Cl2NO4S. The van der Waals surface area contributed by atoms with E-state index in [0.717, 1.165) is 19.3 Å². The van der Waals surface area contributed by atoms with E-state index in [-0.39, 0.29) is 14.9 Å². The van der Waals surface area contributed by atoms with Gasteiger partial charge in [0, 0.05) is 6.54 Å². The predicted molar refractivity (Wildman–Crippen MR) is 76.0 cm³/mol. The van der Waals surface area contributed by atoms with Crippen molar-refractivity contribution in [1.82, 2.24) is 4.72 Å². The minimum absolute atomic E-state index is 0.0977. The van der Waals surface area contributed by atoms with Gasteiger partial charge in [-0.15, -0.1) is 0 Å². The van der Waals surface area contributed by atoms with Gasteiger partial charge in [0.15, 0.2) is 0 Å². The number of hydrogen-bond acceptors (Lipinski definition) is 3. The van der Waals surface area contributed by atoms with Crippen LogP contribution < -0.4 is 4.72 Å². The molecule has 0 radical (unpaired) electrons. The summed E-state index contributed by atoms with van der Waals surface area (Å²) in [6, 6.07) is 2.42. The fourth-order valence-corrected chi connectivity index (χ4v) is 3.78. The highest BCUT2D eigenvalue weighted by atomic mass is 35.5. The van der Waals surface area contributed by atoms with Gasteiger partial charge in [0.2, 0.25) is 10.0 Å². The van der Waals surface area contributed by atoms with Gasteiger partial charge in [0.25, 0.3) is 0 Å². The largest absolute Gasteiger partial charge is 0.478 e. The molecule has 20 heavy (non-hydrogen) atoms. The Labute approximate surface area is 126 Å². The summed E-state index contributed by atoms with van der Waals surface area (Å²) >= 11 is 11.6. The van der Waals surface area contributed by atoms with E-state index in [1.165, 1.54) is 12.1 Å². The molecule has 0 heterocycles. The summed E-state index contributed by atoms with van der Waals surface area (Å²) in [5.74, 6) is -0.775. The molecule has 0 unspecified atom stereocenters. The van der Waals surface area contributed by atoms with Gasteiger partial charge in [-0.05, 0) is 24.5 Å². The van der Waals surface area contributed by atoms with Crippen LogP contribution in [0.1, 0.15) is 29.6 Å². The van der Waals surface area contributed by atoms with E-state index in [1.807, 2.05) is 0 Å². The van der Waals surface area contributed by atoms with Crippen molar-refractivity contribution < 1.29 is 18.3 Å². The van der Waals surface area contributed by atoms with Crippen LogP contribution in [0.25, 0.3) is 0 Å². The molecule has 0 aromatic heterocycles. The van der Waals surface area contributed by atoms with Gasteiger partial charge in [-0.25, -0.2) is 17.9 Å². The van der Waals surface area contributed by atoms with Crippen molar-refractivity contribution in [3.63, 3.8) is 0 Å². The number of carboxylic acids is 1. The van der Waals surface area contributed by atoms with Gasteiger partial charge >= 0.3 is 5.97 Å². The van der Waals surface area contributed by atoms with Crippen molar-refractivity contribution in [3.8, 4) is 0 Å². The molecule has 0 aliphatic heterocycles. The molecule has 0 amide bonds. The lowest BCUT2D eigenvalue weighted by molar-refractivity contribution is 0.0697. The Balaban J connectivity index is 2.26. The molecule has 5 nitrogen and oxygen atoms in total. The van der Waals surface area contributed by atoms with Gasteiger partial charge < -0.3 is 5.11 Å². The third kappa shape index (κ3) is 3.44. The van der Waals surface area contributed by atoms with E-state index in [2.05, 4.69) is 4.72 Å². The average molecular weight is 338 g/mol. The second kappa shape index (κ2) is 5.89. The quantitative estimate of drug-likeness (QED) is 0.835. The van der Waals surface area contributed by atoms with E-state index < -0.39 is 21.6 Å². The van der Waals surface area contributed by atoms with Gasteiger partial charge in [0.05, 0.1) is 15.6 Å². The summed E-state index contributed by atoms with van der Waals surface area (Å²) in [7, 11) is -3.84. The molecule has 0 spiro atoms. The SMILES string of the molecule is O=C(O)c1c(Cl)ccc(S(=O)(=O)NCCC2CC2)c1Cl. The summed E-state index contributed by atoms with van der Waals surface area (Å²) in [4.78, 5) is 10.8. The second-order valence-corrected chi connectivity index (χ2v) is 7.19. The molecule has 2 N–H and O–H groups in total. The molecule has 8 heteroatoms. The number of hydrogen-bond donors (Lipinski definition) is 2. The molecule has 0 bridgehead atoms. The van der Waals surface area contributed by atoms with Crippen LogP contribution >= 0.6 is 23.2 Å². The Morgan fingerprint density at radius 3 is 2.55 bits per heavy atom. The monoisotopic (exact) mass is 337 g/mol. The van der Waals surface area contributed by atoms with Crippen LogP contribution in [0.3, 0.4) is 0 Å². The highest BCUT2D eigenvalue weighted by Gasteiger charge is 2.26. The fourth-order valence-electron chi connectivity index (χ4n) is 1.82. The normalized spacial score (nSPS) is 15.3. The Kier molecular flexibility index (Phi) is 4.59. The highest BCUT2D eigenvalue weighted by Crippen LogP contribution is 2.33. The van der Waals surface area contributed by atoms with Crippen molar-refractivity contribution in [1.29, 1.82) is 0 Å². The van der Waals surface area contributed by atoms with Crippen molar-refractivity contribution in [2.75, 3.05) is 6.54 Å². The molecule has 1 aliphatic carbocycles. The Bertz CT molecular complexity index is 641. The van der Waals surface area contributed by atoms with Gasteiger partial charge in [0.1, 0.15) is 4.90 Å². The number of carboxylic acid groups (broad SMARTS) is 1. The number of halogens is 2. The van der Waals surface area contributed by atoms with E-state index >= 15 is 0 Å². The minimum atomic E-state index is -3.84. The first-order chi connectivity index (χ1) is 9.33. The standard InChI is InChI=1S/C12H13Cl2NO4S/c13-8-3-4-9(11(14)10(8)12(16)17)20(18,19)15-6-5-7-1-2-7/h3-4,7,15H,1-2,5-6H2,(H,16,17). The predicted octanol–water partition coefficient (Wildman–Crippen LogP) is 2.77. The maximum absolute atomic E-state index is 12.1. The average Bonchev–Trinajstić information content (AvgIpc) is 3.11. The fraction of sp³-hybridized carbons (Fsp3) is 0.417. The molecular weight excluding hydrogens is 325 g/mol. The number of benzene rings is 1. The first-order valence-electron chi connectivity index (χ1n) is 6.04. The Morgan fingerprint density at radius 1 is 1.35 bits per heavy atom. The first kappa shape index (κ1) is 15.6. The zero-order valence-corrected chi connectivity index (χ0v) is 12.7. The topological polar surface area (TPSA) is 83.5 Å². The molecule has 0 atom stereocenters. The van der Waals surface area contributed by atoms with E-state index in [1.54, 1.807) is 0 Å². The van der Waals surface area contributed by atoms with E-state index in [4.69, 9.17) is 28.3 Å². The van der Waals surface area contributed by atoms with Crippen LogP contribution in [0.5, 0.6) is 0 Å². The maximum Gasteiger partial charge on any atom is 0.338 e. The van der Waals surface area contributed by atoms with Crippen molar-refractivity contribution in [2.45, 2.75) is 24.2 Å². The number of rotatable bonds is 6. The summed E-state index contributed by atoms with van der Waals surface area (Å²) in [5, 5.41) is 8.54. The molecule has 1 saturated carbocycles. The van der Waals surface area contributed by atoms with Gasteiger partial charge in [-0.2, -0.15) is 0 Å². The van der Waals surface area contributed by atoms with E-state index in [0.29, 0.717) is 12.5 Å². The third-order valence-corrected chi connectivity index (χ3v) is 5.42. The number of aromatic carboxylic acids is 1. The highest BCUT2D eigenvalue weighted by molar-refractivity contribution is 7.89. The van der Waals surface area contributed by atoms with E-state index in [9.17, 15) is 13.2 Å². The lowest BCUT2D eigenvalue weighted by Crippen LogP contribution is -2.25. The molecule has 0 saturated heterocycles. The third-order valence-electron chi connectivity index (χ3n) is 3.10. The molecule has 1 fully saturated rings. The van der Waals surface area contributed by atoms with Crippen LogP contribution in [0, 0.1) is 5.92 Å².